The Morgan fingerprint density at radius 3 is 2.21 bits per heavy atom. The van der Waals surface area contributed by atoms with E-state index in [1.807, 2.05) is 22.6 Å². The first-order chi connectivity index (χ1) is 6.25. The maximum atomic E-state index is 11.4. The first-order valence-corrected chi connectivity index (χ1v) is 6.81. The largest absolute Gasteiger partial charge is 0.324 e. The SMILES string of the molecule is Cc1[nH]c(=O)c(S(C)(=O)=O)c(C)c1I. The van der Waals surface area contributed by atoms with E-state index in [1.165, 1.54) is 0 Å². The second kappa shape index (κ2) is 3.65. The van der Waals surface area contributed by atoms with Crippen molar-refractivity contribution < 1.29 is 8.42 Å². The fraction of sp³-hybridized carbons (Fsp3) is 0.375. The summed E-state index contributed by atoms with van der Waals surface area (Å²) in [6.45, 7) is 3.38. The number of sulfone groups is 1. The van der Waals surface area contributed by atoms with E-state index in [4.69, 9.17) is 0 Å². The van der Waals surface area contributed by atoms with Crippen molar-refractivity contribution in [1.29, 1.82) is 0 Å². The molecule has 0 unspecified atom stereocenters. The van der Waals surface area contributed by atoms with Gasteiger partial charge in [-0.1, -0.05) is 0 Å². The van der Waals surface area contributed by atoms with Gasteiger partial charge in [-0.25, -0.2) is 8.42 Å². The lowest BCUT2D eigenvalue weighted by Crippen LogP contribution is -2.20. The lowest BCUT2D eigenvalue weighted by Gasteiger charge is -2.06. The van der Waals surface area contributed by atoms with Crippen LogP contribution in [0.2, 0.25) is 0 Å². The second-order valence-electron chi connectivity index (χ2n) is 3.12. The Balaban J connectivity index is 3.80. The molecule has 14 heavy (non-hydrogen) atoms. The minimum atomic E-state index is -3.45. The number of H-pyrrole nitrogens is 1. The van der Waals surface area contributed by atoms with Crippen LogP contribution in [0.15, 0.2) is 9.69 Å². The van der Waals surface area contributed by atoms with Crippen LogP contribution in [0.3, 0.4) is 0 Å². The number of pyridine rings is 1. The Hall–Kier alpha value is -0.370. The fourth-order valence-electron chi connectivity index (χ4n) is 1.28. The van der Waals surface area contributed by atoms with Gasteiger partial charge < -0.3 is 4.98 Å². The lowest BCUT2D eigenvalue weighted by molar-refractivity contribution is 0.599. The van der Waals surface area contributed by atoms with Gasteiger partial charge in [0, 0.05) is 15.5 Å². The number of halogens is 1. The third-order valence-corrected chi connectivity index (χ3v) is 4.73. The number of aromatic amines is 1. The molecule has 0 bridgehead atoms. The highest BCUT2D eigenvalue weighted by Crippen LogP contribution is 2.18. The zero-order valence-corrected chi connectivity index (χ0v) is 11.0. The summed E-state index contributed by atoms with van der Waals surface area (Å²) in [6, 6.07) is 0. The minimum Gasteiger partial charge on any atom is -0.324 e. The molecule has 0 radical (unpaired) electrons. The van der Waals surface area contributed by atoms with E-state index in [2.05, 4.69) is 4.98 Å². The number of aromatic nitrogens is 1. The lowest BCUT2D eigenvalue weighted by atomic mass is 10.2. The zero-order valence-electron chi connectivity index (χ0n) is 8.01. The van der Waals surface area contributed by atoms with Gasteiger partial charge in [0.25, 0.3) is 5.56 Å². The molecular weight excluding hydrogens is 317 g/mol. The van der Waals surface area contributed by atoms with Gasteiger partial charge in [-0.2, -0.15) is 0 Å². The van der Waals surface area contributed by atoms with Gasteiger partial charge in [0.05, 0.1) is 0 Å². The summed E-state index contributed by atoms with van der Waals surface area (Å²) in [5.74, 6) is 0. The van der Waals surface area contributed by atoms with E-state index in [9.17, 15) is 13.2 Å². The number of rotatable bonds is 1. The third kappa shape index (κ3) is 2.00. The summed E-state index contributed by atoms with van der Waals surface area (Å²) in [5, 5.41) is 0. The van der Waals surface area contributed by atoms with Gasteiger partial charge in [0.2, 0.25) is 0 Å². The highest BCUT2D eigenvalue weighted by atomic mass is 127. The smallest absolute Gasteiger partial charge is 0.267 e. The van der Waals surface area contributed by atoms with Crippen molar-refractivity contribution in [3.63, 3.8) is 0 Å². The topological polar surface area (TPSA) is 67.0 Å². The first kappa shape index (κ1) is 11.7. The molecule has 1 aromatic rings. The Bertz CT molecular complexity index is 530. The van der Waals surface area contributed by atoms with Crippen LogP contribution >= 0.6 is 22.6 Å². The van der Waals surface area contributed by atoms with Crippen LogP contribution < -0.4 is 5.56 Å². The Morgan fingerprint density at radius 1 is 1.29 bits per heavy atom. The summed E-state index contributed by atoms with van der Waals surface area (Å²) in [4.78, 5) is 13.8. The van der Waals surface area contributed by atoms with Crippen LogP contribution in [0.4, 0.5) is 0 Å². The molecule has 4 nitrogen and oxygen atoms in total. The quantitative estimate of drug-likeness (QED) is 0.783. The molecule has 1 N–H and O–H groups in total. The number of nitrogens with one attached hydrogen (secondary N) is 1. The van der Waals surface area contributed by atoms with Crippen LogP contribution in [0.5, 0.6) is 0 Å². The molecule has 0 aliphatic rings. The van der Waals surface area contributed by atoms with Crippen molar-refractivity contribution in [2.45, 2.75) is 18.7 Å². The summed E-state index contributed by atoms with van der Waals surface area (Å²) >= 11 is 2.02. The molecular formula is C8H10INO3S. The van der Waals surface area contributed by atoms with E-state index >= 15 is 0 Å². The molecule has 0 spiro atoms. The molecule has 1 heterocycles. The average molecular weight is 327 g/mol. The van der Waals surface area contributed by atoms with Gasteiger partial charge in [-0.3, -0.25) is 4.79 Å². The van der Waals surface area contributed by atoms with E-state index in [-0.39, 0.29) is 4.90 Å². The summed E-state index contributed by atoms with van der Waals surface area (Å²) < 4.78 is 23.4. The third-order valence-electron chi connectivity index (χ3n) is 1.88. The van der Waals surface area contributed by atoms with Crippen molar-refractivity contribution in [3.05, 3.63) is 25.2 Å². The molecule has 0 aromatic carbocycles. The molecule has 0 saturated carbocycles. The molecule has 6 heteroatoms. The summed E-state index contributed by atoms with van der Waals surface area (Å²) in [7, 11) is -3.45. The van der Waals surface area contributed by atoms with E-state index in [0.29, 0.717) is 11.3 Å². The molecule has 1 rings (SSSR count). The van der Waals surface area contributed by atoms with Gasteiger partial charge in [0.15, 0.2) is 9.84 Å². The van der Waals surface area contributed by atoms with Crippen LogP contribution in [-0.2, 0) is 9.84 Å². The van der Waals surface area contributed by atoms with Crippen LogP contribution in [0.1, 0.15) is 11.3 Å². The maximum Gasteiger partial charge on any atom is 0.267 e. The van der Waals surface area contributed by atoms with E-state index in [1.54, 1.807) is 13.8 Å². The van der Waals surface area contributed by atoms with Crippen LogP contribution in [0.25, 0.3) is 0 Å². The minimum absolute atomic E-state index is 0.132. The van der Waals surface area contributed by atoms with Crippen molar-refractivity contribution >= 4 is 32.4 Å². The van der Waals surface area contributed by atoms with E-state index < -0.39 is 15.4 Å². The van der Waals surface area contributed by atoms with Crippen molar-refractivity contribution in [2.75, 3.05) is 6.26 Å². The van der Waals surface area contributed by atoms with Crippen molar-refractivity contribution in [1.82, 2.24) is 4.98 Å². The van der Waals surface area contributed by atoms with Gasteiger partial charge in [-0.15, -0.1) is 0 Å². The predicted octanol–water partition coefficient (Wildman–Crippen LogP) is 1.000. The highest BCUT2D eigenvalue weighted by molar-refractivity contribution is 14.1. The highest BCUT2D eigenvalue weighted by Gasteiger charge is 2.18. The Labute approximate surface area is 95.8 Å². The molecule has 0 saturated heterocycles. The standard InChI is InChI=1S/C8H10INO3S/c1-4-6(9)5(2)10-8(11)7(4)14(3,12)13/h1-3H3,(H,10,11). The molecule has 0 atom stereocenters. The Morgan fingerprint density at radius 2 is 1.79 bits per heavy atom. The van der Waals surface area contributed by atoms with Crippen molar-refractivity contribution in [2.24, 2.45) is 0 Å². The first-order valence-electron chi connectivity index (χ1n) is 3.84. The average Bonchev–Trinajstić information content (AvgIpc) is 1.97. The summed E-state index contributed by atoms with van der Waals surface area (Å²) in [6.07, 6.45) is 1.04. The number of hydrogen-bond acceptors (Lipinski definition) is 3. The van der Waals surface area contributed by atoms with Crippen LogP contribution in [-0.4, -0.2) is 19.7 Å². The fourth-order valence-corrected chi connectivity index (χ4v) is 2.91. The molecule has 0 aliphatic heterocycles. The normalized spacial score (nSPS) is 11.7. The Kier molecular flexibility index (Phi) is 3.05. The van der Waals surface area contributed by atoms with E-state index in [0.717, 1.165) is 9.83 Å². The second-order valence-corrected chi connectivity index (χ2v) is 6.15. The van der Waals surface area contributed by atoms with Gasteiger partial charge in [-0.05, 0) is 42.0 Å². The number of hydrogen-bond donors (Lipinski definition) is 1. The summed E-state index contributed by atoms with van der Waals surface area (Å²) in [5.41, 5.74) is 0.678. The molecule has 78 valence electrons. The monoisotopic (exact) mass is 327 g/mol. The molecule has 0 aliphatic carbocycles. The molecule has 0 fully saturated rings. The maximum absolute atomic E-state index is 11.4. The molecule has 0 amide bonds. The van der Waals surface area contributed by atoms with Crippen molar-refractivity contribution in [3.8, 4) is 0 Å². The predicted molar refractivity (Wildman–Crippen MR) is 62.4 cm³/mol. The van der Waals surface area contributed by atoms with Gasteiger partial charge in [0.1, 0.15) is 4.90 Å². The van der Waals surface area contributed by atoms with Gasteiger partial charge >= 0.3 is 0 Å². The molecule has 1 aromatic heterocycles. The zero-order chi connectivity index (χ0) is 11.1. The number of aryl methyl sites for hydroxylation is 1. The van der Waals surface area contributed by atoms with Crippen LogP contribution in [0, 0.1) is 17.4 Å².